The highest BCUT2D eigenvalue weighted by Crippen LogP contribution is 2.17. The van der Waals surface area contributed by atoms with Gasteiger partial charge in [0.1, 0.15) is 6.61 Å². The average molecular weight is 380 g/mol. The van der Waals surface area contributed by atoms with Crippen molar-refractivity contribution in [3.05, 3.63) is 98.7 Å². The standard InChI is InChI=1S/C22H21FN2O3/c1-14-11-15(2)25-22(27)18(14)12-24-21(26)17-9-7-16(8-10-17)13-28-20-6-4-3-5-19(20)23/h3-11H,12-13H2,1-2H3,(H,24,26)(H,25,27). The number of pyridine rings is 1. The minimum absolute atomic E-state index is 0.151. The summed E-state index contributed by atoms with van der Waals surface area (Å²) in [7, 11) is 0. The van der Waals surface area contributed by atoms with Crippen molar-refractivity contribution in [2.75, 3.05) is 0 Å². The van der Waals surface area contributed by atoms with Crippen LogP contribution in [0.3, 0.4) is 0 Å². The Hall–Kier alpha value is -3.41. The third-order valence-electron chi connectivity index (χ3n) is 4.37. The number of amides is 1. The molecule has 0 saturated carbocycles. The largest absolute Gasteiger partial charge is 0.486 e. The molecule has 0 bridgehead atoms. The number of halogens is 1. The van der Waals surface area contributed by atoms with Crippen LogP contribution in [0.15, 0.2) is 59.4 Å². The molecule has 3 aromatic rings. The number of aromatic amines is 1. The normalized spacial score (nSPS) is 10.5. The number of benzene rings is 2. The molecule has 2 aromatic carbocycles. The molecular formula is C22H21FN2O3. The molecule has 0 radical (unpaired) electrons. The number of carbonyl (C=O) groups excluding carboxylic acids is 1. The molecule has 5 nitrogen and oxygen atoms in total. The van der Waals surface area contributed by atoms with E-state index in [4.69, 9.17) is 4.74 Å². The van der Waals surface area contributed by atoms with Gasteiger partial charge < -0.3 is 15.0 Å². The quantitative estimate of drug-likeness (QED) is 0.686. The molecule has 28 heavy (non-hydrogen) atoms. The Kier molecular flexibility index (Phi) is 5.89. The van der Waals surface area contributed by atoms with Gasteiger partial charge in [-0.3, -0.25) is 9.59 Å². The van der Waals surface area contributed by atoms with Crippen molar-refractivity contribution in [3.63, 3.8) is 0 Å². The average Bonchev–Trinajstić information content (AvgIpc) is 2.67. The lowest BCUT2D eigenvalue weighted by Gasteiger charge is -2.09. The summed E-state index contributed by atoms with van der Waals surface area (Å²) in [4.78, 5) is 27.1. The molecule has 0 fully saturated rings. The highest BCUT2D eigenvalue weighted by molar-refractivity contribution is 5.94. The summed E-state index contributed by atoms with van der Waals surface area (Å²) in [6.45, 7) is 4.00. The minimum Gasteiger partial charge on any atom is -0.486 e. The van der Waals surface area contributed by atoms with Crippen LogP contribution >= 0.6 is 0 Å². The summed E-state index contributed by atoms with van der Waals surface area (Å²) in [5, 5.41) is 2.76. The molecule has 1 amide bonds. The van der Waals surface area contributed by atoms with Crippen LogP contribution in [0, 0.1) is 19.7 Å². The van der Waals surface area contributed by atoms with Gasteiger partial charge >= 0.3 is 0 Å². The van der Waals surface area contributed by atoms with Crippen molar-refractivity contribution in [2.24, 2.45) is 0 Å². The number of rotatable bonds is 6. The van der Waals surface area contributed by atoms with Gasteiger partial charge in [0.05, 0.1) is 0 Å². The number of H-pyrrole nitrogens is 1. The third kappa shape index (κ3) is 4.65. The topological polar surface area (TPSA) is 71.2 Å². The van der Waals surface area contributed by atoms with E-state index in [1.807, 2.05) is 19.9 Å². The van der Waals surface area contributed by atoms with Gasteiger partial charge in [0.2, 0.25) is 0 Å². The van der Waals surface area contributed by atoms with Crippen LogP contribution in [-0.2, 0) is 13.2 Å². The molecule has 6 heteroatoms. The van der Waals surface area contributed by atoms with Gasteiger partial charge in [-0.2, -0.15) is 0 Å². The van der Waals surface area contributed by atoms with E-state index in [0.29, 0.717) is 11.1 Å². The Bertz CT molecular complexity index is 1040. The molecule has 0 aliphatic carbocycles. The fraction of sp³-hybridized carbons (Fsp3) is 0.182. The molecule has 1 heterocycles. The third-order valence-corrected chi connectivity index (χ3v) is 4.37. The van der Waals surface area contributed by atoms with Gasteiger partial charge in [0, 0.05) is 23.4 Å². The van der Waals surface area contributed by atoms with Crippen LogP contribution in [-0.4, -0.2) is 10.9 Å². The summed E-state index contributed by atoms with van der Waals surface area (Å²) in [6.07, 6.45) is 0. The van der Waals surface area contributed by atoms with E-state index in [-0.39, 0.29) is 30.4 Å². The van der Waals surface area contributed by atoms with Crippen molar-refractivity contribution < 1.29 is 13.9 Å². The lowest BCUT2D eigenvalue weighted by molar-refractivity contribution is 0.0950. The fourth-order valence-corrected chi connectivity index (χ4v) is 2.85. The van der Waals surface area contributed by atoms with Crippen molar-refractivity contribution in [1.29, 1.82) is 0 Å². The lowest BCUT2D eigenvalue weighted by Crippen LogP contribution is -2.27. The molecule has 1 aromatic heterocycles. The molecule has 2 N–H and O–H groups in total. The maximum atomic E-state index is 13.6. The van der Waals surface area contributed by atoms with Crippen LogP contribution in [0.25, 0.3) is 0 Å². The first kappa shape index (κ1) is 19.4. The molecule has 144 valence electrons. The Morgan fingerprint density at radius 3 is 2.50 bits per heavy atom. The number of carbonyl (C=O) groups is 1. The number of hydrogen-bond donors (Lipinski definition) is 2. The van der Waals surface area contributed by atoms with Gasteiger partial charge in [0.15, 0.2) is 11.6 Å². The van der Waals surface area contributed by atoms with Gasteiger partial charge in [-0.25, -0.2) is 4.39 Å². The highest BCUT2D eigenvalue weighted by atomic mass is 19.1. The second-order valence-electron chi connectivity index (χ2n) is 6.54. The van der Waals surface area contributed by atoms with Gasteiger partial charge in [-0.1, -0.05) is 24.3 Å². The van der Waals surface area contributed by atoms with E-state index in [0.717, 1.165) is 16.8 Å². The number of para-hydroxylation sites is 1. The summed E-state index contributed by atoms with van der Waals surface area (Å²) in [6, 6.07) is 14.9. The maximum absolute atomic E-state index is 13.6. The molecule has 0 aliphatic rings. The van der Waals surface area contributed by atoms with Crippen molar-refractivity contribution in [1.82, 2.24) is 10.3 Å². The second-order valence-corrected chi connectivity index (χ2v) is 6.54. The summed E-state index contributed by atoms with van der Waals surface area (Å²) < 4.78 is 19.0. The molecule has 0 saturated heterocycles. The highest BCUT2D eigenvalue weighted by Gasteiger charge is 2.10. The number of ether oxygens (including phenoxy) is 1. The lowest BCUT2D eigenvalue weighted by atomic mass is 10.1. The van der Waals surface area contributed by atoms with E-state index >= 15 is 0 Å². The number of aromatic nitrogens is 1. The van der Waals surface area contributed by atoms with Crippen LogP contribution in [0.5, 0.6) is 5.75 Å². The monoisotopic (exact) mass is 380 g/mol. The Labute approximate surface area is 162 Å². The predicted octanol–water partition coefficient (Wildman–Crippen LogP) is 3.64. The first-order valence-corrected chi connectivity index (χ1v) is 8.88. The van der Waals surface area contributed by atoms with Crippen LogP contribution in [0.4, 0.5) is 4.39 Å². The predicted molar refractivity (Wildman–Crippen MR) is 105 cm³/mol. The second kappa shape index (κ2) is 8.52. The minimum atomic E-state index is -0.417. The Balaban J connectivity index is 1.59. The molecule has 0 unspecified atom stereocenters. The van der Waals surface area contributed by atoms with E-state index in [1.165, 1.54) is 6.07 Å². The van der Waals surface area contributed by atoms with Crippen LogP contribution in [0.2, 0.25) is 0 Å². The molecule has 0 aliphatic heterocycles. The first-order chi connectivity index (χ1) is 13.4. The Morgan fingerprint density at radius 1 is 1.11 bits per heavy atom. The zero-order chi connectivity index (χ0) is 20.1. The van der Waals surface area contributed by atoms with Crippen molar-refractivity contribution in [2.45, 2.75) is 27.0 Å². The van der Waals surface area contributed by atoms with Crippen LogP contribution in [0.1, 0.15) is 32.7 Å². The van der Waals surface area contributed by atoms with E-state index in [1.54, 1.807) is 42.5 Å². The summed E-state index contributed by atoms with van der Waals surface area (Å²) in [5.41, 5.74) is 3.24. The number of hydrogen-bond acceptors (Lipinski definition) is 3. The van der Waals surface area contributed by atoms with Gasteiger partial charge in [-0.15, -0.1) is 0 Å². The van der Waals surface area contributed by atoms with Gasteiger partial charge in [-0.05, 0) is 55.3 Å². The van der Waals surface area contributed by atoms with Crippen molar-refractivity contribution >= 4 is 5.91 Å². The summed E-state index contributed by atoms with van der Waals surface area (Å²) in [5.74, 6) is -0.510. The van der Waals surface area contributed by atoms with Crippen LogP contribution < -0.4 is 15.6 Å². The number of aryl methyl sites for hydroxylation is 2. The molecule has 3 rings (SSSR count). The zero-order valence-corrected chi connectivity index (χ0v) is 15.7. The first-order valence-electron chi connectivity index (χ1n) is 8.88. The zero-order valence-electron chi connectivity index (χ0n) is 15.7. The maximum Gasteiger partial charge on any atom is 0.253 e. The van der Waals surface area contributed by atoms with E-state index < -0.39 is 5.82 Å². The smallest absolute Gasteiger partial charge is 0.253 e. The summed E-state index contributed by atoms with van der Waals surface area (Å²) >= 11 is 0. The number of nitrogens with one attached hydrogen (secondary N) is 2. The SMILES string of the molecule is Cc1cc(C)c(CNC(=O)c2ccc(COc3ccccc3F)cc2)c(=O)[nH]1. The Morgan fingerprint density at radius 2 is 1.82 bits per heavy atom. The van der Waals surface area contributed by atoms with Crippen molar-refractivity contribution in [3.8, 4) is 5.75 Å². The van der Waals surface area contributed by atoms with E-state index in [9.17, 15) is 14.0 Å². The molecule has 0 atom stereocenters. The van der Waals surface area contributed by atoms with E-state index in [2.05, 4.69) is 10.3 Å². The van der Waals surface area contributed by atoms with Gasteiger partial charge in [0.25, 0.3) is 11.5 Å². The molecule has 0 spiro atoms. The molecular weight excluding hydrogens is 359 g/mol. The fourth-order valence-electron chi connectivity index (χ4n) is 2.85.